The van der Waals surface area contributed by atoms with Crippen LogP contribution in [0.5, 0.6) is 5.75 Å². The maximum Gasteiger partial charge on any atom is 0.261 e. The van der Waals surface area contributed by atoms with Crippen molar-refractivity contribution in [3.63, 3.8) is 0 Å². The first-order chi connectivity index (χ1) is 15.6. The van der Waals surface area contributed by atoms with Crippen molar-refractivity contribution in [3.05, 3.63) is 53.1 Å². The number of nitrogens with one attached hydrogen (secondary N) is 2. The Balaban J connectivity index is 1.91. The lowest BCUT2D eigenvalue weighted by Crippen LogP contribution is -2.44. The van der Waals surface area contributed by atoms with E-state index in [0.717, 1.165) is 0 Å². The molecule has 3 rings (SSSR count). The highest BCUT2D eigenvalue weighted by atomic mass is 35.5. The Labute approximate surface area is 200 Å². The summed E-state index contributed by atoms with van der Waals surface area (Å²) >= 11 is 5.86. The molecule has 1 amide bonds. The minimum absolute atomic E-state index is 0.0134. The first kappa shape index (κ1) is 25.3. The van der Waals surface area contributed by atoms with Crippen LogP contribution < -0.4 is 14.8 Å². The Hall–Kier alpha value is -2.33. The number of likely N-dealkylation sites (N-methyl/N-ethyl adjacent to an activating group) is 1. The van der Waals surface area contributed by atoms with Crippen molar-refractivity contribution in [1.82, 2.24) is 10.2 Å². The molecule has 2 N–H and O–H groups in total. The zero-order chi connectivity index (χ0) is 24.2. The lowest BCUT2D eigenvalue weighted by atomic mass is 10.0. The van der Waals surface area contributed by atoms with Gasteiger partial charge in [-0.05, 0) is 49.2 Å². The number of ether oxygens (including phenoxy) is 2. The molecule has 3 atom stereocenters. The van der Waals surface area contributed by atoms with Crippen molar-refractivity contribution in [1.29, 1.82) is 0 Å². The summed E-state index contributed by atoms with van der Waals surface area (Å²) in [4.78, 5) is 14.8. The third-order valence-electron chi connectivity index (χ3n) is 5.60. The summed E-state index contributed by atoms with van der Waals surface area (Å²) in [5, 5.41) is 3.86. The second-order valence-electron chi connectivity index (χ2n) is 8.33. The van der Waals surface area contributed by atoms with Gasteiger partial charge in [0.1, 0.15) is 12.4 Å². The third kappa shape index (κ3) is 6.38. The van der Waals surface area contributed by atoms with Crippen LogP contribution in [0.15, 0.2) is 47.4 Å². The number of sulfonamides is 1. The average molecular weight is 496 g/mol. The number of methoxy groups -OCH3 is 1. The van der Waals surface area contributed by atoms with E-state index < -0.39 is 10.0 Å². The molecule has 10 heteroatoms. The van der Waals surface area contributed by atoms with Crippen LogP contribution in [0.3, 0.4) is 0 Å². The molecule has 0 saturated heterocycles. The first-order valence-electron chi connectivity index (χ1n) is 10.7. The zero-order valence-corrected chi connectivity index (χ0v) is 20.7. The summed E-state index contributed by atoms with van der Waals surface area (Å²) in [5.41, 5.74) is 0.637. The first-order valence-corrected chi connectivity index (χ1v) is 12.5. The van der Waals surface area contributed by atoms with Crippen molar-refractivity contribution in [2.75, 3.05) is 38.6 Å². The van der Waals surface area contributed by atoms with Crippen molar-refractivity contribution >= 4 is 33.2 Å². The van der Waals surface area contributed by atoms with Gasteiger partial charge >= 0.3 is 0 Å². The number of carbonyl (C=O) groups excluding carboxylic acids is 1. The summed E-state index contributed by atoms with van der Waals surface area (Å²) in [6, 6.07) is 10.5. The van der Waals surface area contributed by atoms with Crippen LogP contribution in [-0.4, -0.2) is 65.2 Å². The highest BCUT2D eigenvalue weighted by Crippen LogP contribution is 2.27. The summed E-state index contributed by atoms with van der Waals surface area (Å²) in [7, 11) is -0.481. The summed E-state index contributed by atoms with van der Waals surface area (Å²) < 4.78 is 39.6. The number of amides is 1. The number of carbonyl (C=O) groups is 1. The van der Waals surface area contributed by atoms with Crippen molar-refractivity contribution < 1.29 is 22.7 Å². The second kappa shape index (κ2) is 10.7. The SMILES string of the molecule is CO[C@@H]1CN(C)C(=O)c2ccc(NS(=O)(=O)c3ccc(Cl)cc3)cc2OC[C@H](C)NC[C@H]1C. The largest absolute Gasteiger partial charge is 0.491 e. The fourth-order valence-corrected chi connectivity index (χ4v) is 4.72. The van der Waals surface area contributed by atoms with Gasteiger partial charge in [0.05, 0.1) is 22.3 Å². The monoisotopic (exact) mass is 495 g/mol. The van der Waals surface area contributed by atoms with Gasteiger partial charge in [-0.1, -0.05) is 18.5 Å². The Kier molecular flexibility index (Phi) is 8.23. The normalized spacial score (nSPS) is 22.5. The Morgan fingerprint density at radius 1 is 1.18 bits per heavy atom. The summed E-state index contributed by atoms with van der Waals surface area (Å²) in [5.74, 6) is 0.267. The predicted molar refractivity (Wildman–Crippen MR) is 129 cm³/mol. The molecule has 2 aromatic carbocycles. The number of anilines is 1. The molecular weight excluding hydrogens is 466 g/mol. The van der Waals surface area contributed by atoms with E-state index in [1.54, 1.807) is 31.2 Å². The second-order valence-corrected chi connectivity index (χ2v) is 10.4. The average Bonchev–Trinajstić information content (AvgIpc) is 2.78. The van der Waals surface area contributed by atoms with E-state index >= 15 is 0 Å². The van der Waals surface area contributed by atoms with Gasteiger partial charge in [-0.3, -0.25) is 9.52 Å². The molecule has 0 radical (unpaired) electrons. The summed E-state index contributed by atoms with van der Waals surface area (Å²) in [6.07, 6.45) is -0.132. The van der Waals surface area contributed by atoms with Gasteiger partial charge in [0, 0.05) is 44.4 Å². The van der Waals surface area contributed by atoms with Crippen LogP contribution >= 0.6 is 11.6 Å². The van der Waals surface area contributed by atoms with E-state index in [9.17, 15) is 13.2 Å². The van der Waals surface area contributed by atoms with Crippen LogP contribution in [0, 0.1) is 5.92 Å². The number of hydrogen-bond donors (Lipinski definition) is 2. The van der Waals surface area contributed by atoms with Gasteiger partial charge in [-0.2, -0.15) is 0 Å². The molecule has 180 valence electrons. The highest BCUT2D eigenvalue weighted by Gasteiger charge is 2.26. The maximum atomic E-state index is 13.2. The van der Waals surface area contributed by atoms with Crippen molar-refractivity contribution in [3.8, 4) is 5.75 Å². The molecule has 0 fully saturated rings. The smallest absolute Gasteiger partial charge is 0.261 e. The Bertz CT molecular complexity index is 1080. The van der Waals surface area contributed by atoms with E-state index in [-0.39, 0.29) is 34.6 Å². The molecule has 2 aromatic rings. The number of benzene rings is 2. The highest BCUT2D eigenvalue weighted by molar-refractivity contribution is 7.92. The fourth-order valence-electron chi connectivity index (χ4n) is 3.55. The number of fused-ring (bicyclic) bond motifs is 1. The molecule has 1 aliphatic rings. The minimum Gasteiger partial charge on any atom is -0.491 e. The molecule has 8 nitrogen and oxygen atoms in total. The minimum atomic E-state index is -3.84. The van der Waals surface area contributed by atoms with Gasteiger partial charge in [-0.15, -0.1) is 0 Å². The Morgan fingerprint density at radius 2 is 1.88 bits per heavy atom. The topological polar surface area (TPSA) is 97.0 Å². The molecule has 33 heavy (non-hydrogen) atoms. The van der Waals surface area contributed by atoms with Gasteiger partial charge in [0.2, 0.25) is 0 Å². The molecule has 0 spiro atoms. The summed E-state index contributed by atoms with van der Waals surface area (Å²) in [6.45, 7) is 5.49. The molecule has 0 bridgehead atoms. The van der Waals surface area contributed by atoms with Gasteiger partial charge in [0.15, 0.2) is 0 Å². The Morgan fingerprint density at radius 3 is 2.55 bits per heavy atom. The predicted octanol–water partition coefficient (Wildman–Crippen LogP) is 3.23. The van der Waals surface area contributed by atoms with E-state index in [4.69, 9.17) is 21.1 Å². The lowest BCUT2D eigenvalue weighted by Gasteiger charge is -2.30. The quantitative estimate of drug-likeness (QED) is 0.676. The van der Waals surface area contributed by atoms with Crippen LogP contribution in [0.25, 0.3) is 0 Å². The molecule has 0 aliphatic carbocycles. The number of nitrogens with zero attached hydrogens (tertiary/aromatic N) is 1. The number of rotatable bonds is 4. The molecule has 1 aliphatic heterocycles. The molecule has 0 saturated carbocycles. The van der Waals surface area contributed by atoms with Crippen LogP contribution in [0.2, 0.25) is 5.02 Å². The van der Waals surface area contributed by atoms with Gasteiger partial charge in [0.25, 0.3) is 15.9 Å². The zero-order valence-electron chi connectivity index (χ0n) is 19.2. The molecule has 0 unspecified atom stereocenters. The molecule has 1 heterocycles. The van der Waals surface area contributed by atoms with Crippen molar-refractivity contribution in [2.24, 2.45) is 5.92 Å². The lowest BCUT2D eigenvalue weighted by molar-refractivity contribution is 0.0281. The standard InChI is InChI=1S/C23H30ClN3O5S/c1-15-12-25-16(2)14-32-21-11-18(26-33(29,30)19-8-5-17(24)6-9-19)7-10-20(21)23(28)27(3)13-22(15)31-4/h5-11,15-16,22,25-26H,12-14H2,1-4H3/t15-,16+,22-/m1/s1. The fraction of sp³-hybridized carbons (Fsp3) is 0.435. The van der Waals surface area contributed by atoms with E-state index in [1.807, 2.05) is 6.92 Å². The van der Waals surface area contributed by atoms with Gasteiger partial charge < -0.3 is 19.7 Å². The third-order valence-corrected chi connectivity index (χ3v) is 7.25. The van der Waals surface area contributed by atoms with Crippen LogP contribution in [0.4, 0.5) is 5.69 Å². The molecule has 0 aromatic heterocycles. The van der Waals surface area contributed by atoms with E-state index in [1.165, 1.54) is 30.3 Å². The molecular formula is C23H30ClN3O5S. The van der Waals surface area contributed by atoms with E-state index in [0.29, 0.717) is 36.0 Å². The van der Waals surface area contributed by atoms with Crippen LogP contribution in [-0.2, 0) is 14.8 Å². The van der Waals surface area contributed by atoms with Crippen LogP contribution in [0.1, 0.15) is 24.2 Å². The van der Waals surface area contributed by atoms with Crippen molar-refractivity contribution in [2.45, 2.75) is 30.9 Å². The van der Waals surface area contributed by atoms with E-state index in [2.05, 4.69) is 17.0 Å². The number of halogens is 1. The van der Waals surface area contributed by atoms with Gasteiger partial charge in [-0.25, -0.2) is 8.42 Å². The maximum absolute atomic E-state index is 13.2. The number of hydrogen-bond acceptors (Lipinski definition) is 6.